The molecule has 2 N–H and O–H groups in total. The van der Waals surface area contributed by atoms with Crippen molar-refractivity contribution in [3.8, 4) is 16.9 Å². The van der Waals surface area contributed by atoms with E-state index in [2.05, 4.69) is 10.3 Å². The molecule has 14 heteroatoms. The number of hydrogen-bond donors (Lipinski definition) is 2. The lowest BCUT2D eigenvalue weighted by Crippen LogP contribution is -2.35. The lowest BCUT2D eigenvalue weighted by Gasteiger charge is -2.24. The Morgan fingerprint density at radius 3 is 2.24 bits per heavy atom. The Balaban J connectivity index is 1.94. The summed E-state index contributed by atoms with van der Waals surface area (Å²) in [6.07, 6.45) is -7.11. The third-order valence-electron chi connectivity index (χ3n) is 6.23. The van der Waals surface area contributed by atoms with Gasteiger partial charge in [0.25, 0.3) is 11.2 Å². The monoisotopic (exact) mass is 563 g/mol. The molecule has 0 bridgehead atoms. The van der Waals surface area contributed by atoms with Gasteiger partial charge in [0.05, 0.1) is 33.7 Å². The summed E-state index contributed by atoms with van der Waals surface area (Å²) in [6.45, 7) is 0.712. The van der Waals surface area contributed by atoms with Gasteiger partial charge < -0.3 is 15.0 Å². The summed E-state index contributed by atoms with van der Waals surface area (Å²) in [5, 5.41) is 14.3. The van der Waals surface area contributed by atoms with Crippen LogP contribution in [0.3, 0.4) is 0 Å². The van der Waals surface area contributed by atoms with Crippen LogP contribution in [-0.4, -0.2) is 29.1 Å². The van der Waals surface area contributed by atoms with Crippen molar-refractivity contribution in [2.75, 3.05) is 13.2 Å². The summed E-state index contributed by atoms with van der Waals surface area (Å²) in [6, 6.07) is 2.84. The minimum absolute atomic E-state index is 0.0387. The molecule has 7 nitrogen and oxygen atoms in total. The van der Waals surface area contributed by atoms with Gasteiger partial charge in [-0.25, -0.2) is 0 Å². The number of nitro groups is 1. The number of alkyl halides is 6. The molecule has 1 aliphatic heterocycles. The lowest BCUT2D eigenvalue weighted by molar-refractivity contribution is -0.384. The van der Waals surface area contributed by atoms with Gasteiger partial charge in [0.15, 0.2) is 0 Å². The van der Waals surface area contributed by atoms with E-state index in [0.717, 1.165) is 37.9 Å². The maximum atomic E-state index is 13.5. The number of ether oxygens (including phenoxy) is 1. The van der Waals surface area contributed by atoms with Gasteiger partial charge in [-0.15, -0.1) is 0 Å². The van der Waals surface area contributed by atoms with E-state index in [-0.39, 0.29) is 40.4 Å². The van der Waals surface area contributed by atoms with Crippen LogP contribution in [0.25, 0.3) is 22.0 Å². The molecule has 4 rings (SSSR count). The number of fused-ring (bicyclic) bond motifs is 1. The summed E-state index contributed by atoms with van der Waals surface area (Å²) in [4.78, 5) is 26.1. The molecular formula is C24H20ClF6N3O4. The topological polar surface area (TPSA) is 97.3 Å². The number of piperidine rings is 1. The van der Waals surface area contributed by atoms with Crippen LogP contribution < -0.4 is 15.6 Å². The lowest BCUT2D eigenvalue weighted by atomic mass is 9.97. The molecule has 0 aliphatic carbocycles. The molecule has 3 aromatic rings. The quantitative estimate of drug-likeness (QED) is 0.197. The highest BCUT2D eigenvalue weighted by atomic mass is 35.5. The first-order valence-electron chi connectivity index (χ1n) is 11.5. The smallest absolute Gasteiger partial charge is 0.416 e. The highest BCUT2D eigenvalue weighted by molar-refractivity contribution is 6.33. The molecule has 204 valence electrons. The second-order valence-electron chi connectivity index (χ2n) is 8.84. The van der Waals surface area contributed by atoms with Gasteiger partial charge in [-0.05, 0) is 55.6 Å². The number of benzene rings is 2. The van der Waals surface area contributed by atoms with Crippen molar-refractivity contribution in [2.45, 2.75) is 44.1 Å². The number of nitrogens with zero attached hydrogens (tertiary/aromatic N) is 1. The molecule has 2 aromatic carbocycles. The van der Waals surface area contributed by atoms with E-state index in [0.29, 0.717) is 18.6 Å². The van der Waals surface area contributed by atoms with E-state index in [1.807, 2.05) is 0 Å². The van der Waals surface area contributed by atoms with E-state index in [4.69, 9.17) is 16.3 Å². The molecular weight excluding hydrogens is 544 g/mol. The standard InChI is InChI=1S/C24H20ClF6N3O4/c25-17-11-18-16(10-19(17)34(36)37)21(38-6-4-15-3-1-2-5-32-15)20(22(35)33-18)12-7-13(23(26,27)28)9-14(8-12)24(29,30)31/h7-11,15,32H,1-6H2,(H,33,35). The fourth-order valence-electron chi connectivity index (χ4n) is 4.40. The molecule has 0 radical (unpaired) electrons. The first kappa shape index (κ1) is 27.7. The molecule has 1 aliphatic rings. The zero-order valence-electron chi connectivity index (χ0n) is 19.4. The minimum Gasteiger partial charge on any atom is -0.492 e. The highest BCUT2D eigenvalue weighted by Gasteiger charge is 2.37. The largest absolute Gasteiger partial charge is 0.492 e. The van der Waals surface area contributed by atoms with Crippen LogP contribution in [0.4, 0.5) is 32.0 Å². The molecule has 1 fully saturated rings. The SMILES string of the molecule is O=c1[nH]c2cc(Cl)c([N+](=O)[O-])cc2c(OCCC2CCCCN2)c1-c1cc(C(F)(F)F)cc(C(F)(F)F)c1. The van der Waals surface area contributed by atoms with Crippen molar-refractivity contribution < 1.29 is 36.0 Å². The zero-order valence-corrected chi connectivity index (χ0v) is 20.2. The maximum Gasteiger partial charge on any atom is 0.416 e. The Kier molecular flexibility index (Phi) is 7.62. The average molecular weight is 564 g/mol. The van der Waals surface area contributed by atoms with Crippen LogP contribution in [0, 0.1) is 10.1 Å². The summed E-state index contributed by atoms with van der Waals surface area (Å²) >= 11 is 5.94. The number of halogens is 7. The zero-order chi connectivity index (χ0) is 27.8. The number of pyridine rings is 1. The van der Waals surface area contributed by atoms with Crippen LogP contribution in [0.5, 0.6) is 5.75 Å². The molecule has 0 spiro atoms. The third kappa shape index (κ3) is 5.88. The van der Waals surface area contributed by atoms with E-state index in [9.17, 15) is 41.3 Å². The van der Waals surface area contributed by atoms with Gasteiger partial charge in [-0.2, -0.15) is 26.3 Å². The van der Waals surface area contributed by atoms with E-state index in [1.54, 1.807) is 0 Å². The Bertz CT molecular complexity index is 1400. The Morgan fingerprint density at radius 1 is 1.03 bits per heavy atom. The molecule has 0 saturated carbocycles. The van der Waals surface area contributed by atoms with E-state index < -0.39 is 50.8 Å². The van der Waals surface area contributed by atoms with Gasteiger partial charge in [-0.1, -0.05) is 18.0 Å². The molecule has 1 aromatic heterocycles. The van der Waals surface area contributed by atoms with Crippen molar-refractivity contribution in [3.63, 3.8) is 0 Å². The van der Waals surface area contributed by atoms with Gasteiger partial charge >= 0.3 is 12.4 Å². The van der Waals surface area contributed by atoms with Gasteiger partial charge in [0, 0.05) is 17.5 Å². The van der Waals surface area contributed by atoms with Crippen molar-refractivity contribution in [2.24, 2.45) is 0 Å². The van der Waals surface area contributed by atoms with Crippen LogP contribution in [0.1, 0.15) is 36.8 Å². The number of H-pyrrole nitrogens is 1. The maximum absolute atomic E-state index is 13.5. The van der Waals surface area contributed by atoms with Gasteiger partial charge in [-0.3, -0.25) is 14.9 Å². The van der Waals surface area contributed by atoms with Gasteiger partial charge in [0.2, 0.25) is 0 Å². The second-order valence-corrected chi connectivity index (χ2v) is 9.25. The summed E-state index contributed by atoms with van der Waals surface area (Å²) in [5.41, 5.74) is -6.26. The molecule has 1 unspecified atom stereocenters. The fourth-order valence-corrected chi connectivity index (χ4v) is 4.63. The van der Waals surface area contributed by atoms with E-state index >= 15 is 0 Å². The van der Waals surface area contributed by atoms with Crippen molar-refractivity contribution in [1.82, 2.24) is 10.3 Å². The number of aromatic amines is 1. The predicted molar refractivity (Wildman–Crippen MR) is 127 cm³/mol. The number of nitrogens with one attached hydrogen (secondary N) is 2. The minimum atomic E-state index is -5.15. The van der Waals surface area contributed by atoms with Crippen molar-refractivity contribution >= 4 is 28.2 Å². The van der Waals surface area contributed by atoms with E-state index in [1.165, 1.54) is 0 Å². The van der Waals surface area contributed by atoms with Crippen molar-refractivity contribution in [3.05, 3.63) is 66.9 Å². The highest BCUT2D eigenvalue weighted by Crippen LogP contribution is 2.42. The summed E-state index contributed by atoms with van der Waals surface area (Å²) < 4.78 is 86.9. The number of hydrogen-bond acceptors (Lipinski definition) is 5. The molecule has 38 heavy (non-hydrogen) atoms. The Labute approximate surface area is 215 Å². The fraction of sp³-hybridized carbons (Fsp3) is 0.375. The molecule has 1 atom stereocenters. The predicted octanol–water partition coefficient (Wildman–Crippen LogP) is 6.71. The second kappa shape index (κ2) is 10.4. The first-order chi connectivity index (χ1) is 17.8. The van der Waals surface area contributed by atoms with Crippen LogP contribution in [0.2, 0.25) is 5.02 Å². The number of aromatic nitrogens is 1. The summed E-state index contributed by atoms with van der Waals surface area (Å²) in [7, 11) is 0. The molecule has 2 heterocycles. The van der Waals surface area contributed by atoms with Gasteiger partial charge in [0.1, 0.15) is 10.8 Å². The van der Waals surface area contributed by atoms with Crippen LogP contribution in [0.15, 0.2) is 35.1 Å². The normalized spacial score (nSPS) is 16.6. The first-order valence-corrected chi connectivity index (χ1v) is 11.8. The molecule has 0 amide bonds. The van der Waals surface area contributed by atoms with Crippen molar-refractivity contribution in [1.29, 1.82) is 0 Å². The van der Waals surface area contributed by atoms with Crippen LogP contribution in [-0.2, 0) is 12.4 Å². The molecule has 1 saturated heterocycles. The number of rotatable bonds is 6. The third-order valence-corrected chi connectivity index (χ3v) is 6.53. The average Bonchev–Trinajstić information content (AvgIpc) is 2.82. The Morgan fingerprint density at radius 2 is 1.68 bits per heavy atom. The number of nitro benzene ring substituents is 1. The van der Waals surface area contributed by atoms with Crippen LogP contribution >= 0.6 is 11.6 Å². The Hall–Kier alpha value is -3.32. The summed E-state index contributed by atoms with van der Waals surface area (Å²) in [5.74, 6) is -0.383.